The third kappa shape index (κ3) is 3.36. The fraction of sp³-hybridized carbons (Fsp3) is 0.292. The molecule has 1 fully saturated rings. The van der Waals surface area contributed by atoms with Crippen LogP contribution in [0.4, 0.5) is 11.6 Å². The first-order chi connectivity index (χ1) is 15.1. The zero-order valence-corrected chi connectivity index (χ0v) is 17.4. The number of carbonyl (C=O) groups is 1. The third-order valence-corrected chi connectivity index (χ3v) is 6.09. The number of ether oxygens (including phenoxy) is 1. The number of carbonyl (C=O) groups excluding carboxylic acids is 1. The molecule has 5 rings (SSSR count). The van der Waals surface area contributed by atoms with E-state index in [0.29, 0.717) is 31.3 Å². The van der Waals surface area contributed by atoms with Crippen molar-refractivity contribution in [1.29, 1.82) is 0 Å². The molecule has 1 saturated heterocycles. The largest absolute Gasteiger partial charge is 0.395 e. The molecule has 31 heavy (non-hydrogen) atoms. The minimum atomic E-state index is -0.122. The number of rotatable bonds is 5. The number of aromatic nitrogens is 2. The Balaban J connectivity index is 1.50. The summed E-state index contributed by atoms with van der Waals surface area (Å²) in [5.74, 6) is 0.487. The summed E-state index contributed by atoms with van der Waals surface area (Å²) in [6.45, 7) is 2.24. The number of benzene rings is 2. The molecule has 0 radical (unpaired) electrons. The van der Waals surface area contributed by atoms with Crippen molar-refractivity contribution in [2.24, 2.45) is 0 Å². The van der Waals surface area contributed by atoms with E-state index >= 15 is 0 Å². The van der Waals surface area contributed by atoms with Crippen molar-refractivity contribution >= 4 is 17.5 Å². The SMILES string of the molecule is CN(CCO)C(=O)c1ccc2c(c1)N(c1ncc(-c3ccccc3)cn1)CC21COC1. The summed E-state index contributed by atoms with van der Waals surface area (Å²) < 4.78 is 5.56. The normalized spacial score (nSPS) is 16.1. The topological polar surface area (TPSA) is 78.8 Å². The molecule has 3 aromatic rings. The monoisotopic (exact) mass is 416 g/mol. The maximum absolute atomic E-state index is 12.8. The van der Waals surface area contributed by atoms with Gasteiger partial charge >= 0.3 is 0 Å². The van der Waals surface area contributed by atoms with Crippen LogP contribution in [0.15, 0.2) is 60.9 Å². The lowest BCUT2D eigenvalue weighted by atomic mass is 9.80. The molecule has 0 aliphatic carbocycles. The van der Waals surface area contributed by atoms with Crippen molar-refractivity contribution in [1.82, 2.24) is 14.9 Å². The van der Waals surface area contributed by atoms with Crippen molar-refractivity contribution in [3.63, 3.8) is 0 Å². The zero-order chi connectivity index (χ0) is 21.4. The van der Waals surface area contributed by atoms with Crippen molar-refractivity contribution in [2.75, 3.05) is 44.9 Å². The minimum absolute atomic E-state index is 0.0681. The predicted octanol–water partition coefficient (Wildman–Crippen LogP) is 2.63. The molecule has 2 aliphatic rings. The average Bonchev–Trinajstić information content (AvgIpc) is 3.15. The lowest BCUT2D eigenvalue weighted by molar-refractivity contribution is -0.0507. The Labute approximate surface area is 180 Å². The summed E-state index contributed by atoms with van der Waals surface area (Å²) in [4.78, 5) is 25.7. The molecule has 7 heteroatoms. The molecular weight excluding hydrogens is 392 g/mol. The van der Waals surface area contributed by atoms with E-state index in [1.165, 1.54) is 4.90 Å². The average molecular weight is 416 g/mol. The standard InChI is InChI=1S/C24H24N4O3/c1-27(9-10-29)22(30)18-7-8-20-21(11-18)28(14-24(20)15-31-16-24)23-25-12-19(13-26-23)17-5-3-2-4-6-17/h2-8,11-13,29H,9-10,14-16H2,1H3. The van der Waals surface area contributed by atoms with Gasteiger partial charge in [-0.1, -0.05) is 36.4 Å². The minimum Gasteiger partial charge on any atom is -0.395 e. The lowest BCUT2D eigenvalue weighted by Gasteiger charge is -2.38. The maximum Gasteiger partial charge on any atom is 0.253 e. The Kier molecular flexibility index (Phi) is 4.92. The first kappa shape index (κ1) is 19.7. The van der Waals surface area contributed by atoms with E-state index in [0.717, 1.165) is 28.9 Å². The second-order valence-electron chi connectivity index (χ2n) is 8.18. The number of anilines is 2. The van der Waals surface area contributed by atoms with Crippen LogP contribution in [0, 0.1) is 0 Å². The van der Waals surface area contributed by atoms with Crippen molar-refractivity contribution in [3.8, 4) is 11.1 Å². The summed E-state index contributed by atoms with van der Waals surface area (Å²) >= 11 is 0. The highest BCUT2D eigenvalue weighted by molar-refractivity contribution is 5.96. The van der Waals surface area contributed by atoms with Crippen molar-refractivity contribution in [2.45, 2.75) is 5.41 Å². The fourth-order valence-electron chi connectivity index (χ4n) is 4.30. The highest BCUT2D eigenvalue weighted by Gasteiger charge is 2.49. The van der Waals surface area contributed by atoms with E-state index in [2.05, 4.69) is 14.9 Å². The third-order valence-electron chi connectivity index (χ3n) is 6.09. The van der Waals surface area contributed by atoms with Gasteiger partial charge < -0.3 is 19.6 Å². The summed E-state index contributed by atoms with van der Waals surface area (Å²) in [6, 6.07) is 15.8. The van der Waals surface area contributed by atoms with E-state index in [4.69, 9.17) is 9.84 Å². The first-order valence-corrected chi connectivity index (χ1v) is 10.3. The van der Waals surface area contributed by atoms with Crippen LogP contribution in [0.2, 0.25) is 0 Å². The molecule has 2 aliphatic heterocycles. The molecule has 1 N–H and O–H groups in total. The van der Waals surface area contributed by atoms with Gasteiger partial charge in [-0.2, -0.15) is 0 Å². The van der Waals surface area contributed by atoms with Gasteiger partial charge in [0, 0.05) is 49.3 Å². The zero-order valence-electron chi connectivity index (χ0n) is 17.4. The predicted molar refractivity (Wildman–Crippen MR) is 117 cm³/mol. The Morgan fingerprint density at radius 2 is 1.87 bits per heavy atom. The van der Waals surface area contributed by atoms with Gasteiger partial charge in [-0.15, -0.1) is 0 Å². The molecular formula is C24H24N4O3. The van der Waals surface area contributed by atoms with Crippen LogP contribution >= 0.6 is 0 Å². The van der Waals surface area contributed by atoms with Gasteiger partial charge in [-0.3, -0.25) is 4.79 Å². The van der Waals surface area contributed by atoms with Crippen LogP contribution in [0.1, 0.15) is 15.9 Å². The molecule has 2 aromatic carbocycles. The number of nitrogens with zero attached hydrogens (tertiary/aromatic N) is 4. The molecule has 0 saturated carbocycles. The van der Waals surface area contributed by atoms with Crippen LogP contribution in [-0.2, 0) is 10.2 Å². The number of hydrogen-bond donors (Lipinski definition) is 1. The quantitative estimate of drug-likeness (QED) is 0.689. The number of aliphatic hydroxyl groups is 1. The lowest BCUT2D eigenvalue weighted by Crippen LogP contribution is -2.49. The molecule has 0 unspecified atom stereocenters. The van der Waals surface area contributed by atoms with Crippen LogP contribution < -0.4 is 4.90 Å². The highest BCUT2D eigenvalue weighted by Crippen LogP contribution is 2.47. The summed E-state index contributed by atoms with van der Waals surface area (Å²) in [5.41, 5.74) is 4.63. The van der Waals surface area contributed by atoms with Crippen molar-refractivity contribution < 1.29 is 14.6 Å². The van der Waals surface area contributed by atoms with Gasteiger partial charge in [-0.25, -0.2) is 9.97 Å². The van der Waals surface area contributed by atoms with Gasteiger partial charge in [0.1, 0.15) is 0 Å². The van der Waals surface area contributed by atoms with E-state index in [1.807, 2.05) is 60.9 Å². The number of amides is 1. The van der Waals surface area contributed by atoms with Gasteiger partial charge in [0.2, 0.25) is 5.95 Å². The molecule has 0 atom stereocenters. The molecule has 1 aromatic heterocycles. The Bertz CT molecular complexity index is 1100. The maximum atomic E-state index is 12.8. The molecule has 7 nitrogen and oxygen atoms in total. The molecule has 1 spiro atoms. The number of hydrogen-bond acceptors (Lipinski definition) is 6. The van der Waals surface area contributed by atoms with Crippen LogP contribution in [-0.4, -0.2) is 65.8 Å². The van der Waals surface area contributed by atoms with Gasteiger partial charge in [-0.05, 0) is 23.3 Å². The van der Waals surface area contributed by atoms with E-state index in [1.54, 1.807) is 7.05 Å². The first-order valence-electron chi connectivity index (χ1n) is 10.3. The van der Waals surface area contributed by atoms with Gasteiger partial charge in [0.25, 0.3) is 5.91 Å². The summed E-state index contributed by atoms with van der Waals surface area (Å²) in [5, 5.41) is 9.16. The Morgan fingerprint density at radius 3 is 2.52 bits per heavy atom. The van der Waals surface area contributed by atoms with Crippen LogP contribution in [0.3, 0.4) is 0 Å². The molecule has 0 bridgehead atoms. The second-order valence-corrected chi connectivity index (χ2v) is 8.18. The van der Waals surface area contributed by atoms with Crippen LogP contribution in [0.5, 0.6) is 0 Å². The van der Waals surface area contributed by atoms with Crippen LogP contribution in [0.25, 0.3) is 11.1 Å². The molecule has 3 heterocycles. The molecule has 158 valence electrons. The molecule has 1 amide bonds. The summed E-state index contributed by atoms with van der Waals surface area (Å²) in [7, 11) is 1.69. The van der Waals surface area contributed by atoms with E-state index in [-0.39, 0.29) is 17.9 Å². The smallest absolute Gasteiger partial charge is 0.253 e. The van der Waals surface area contributed by atoms with Gasteiger partial charge in [0.05, 0.1) is 25.2 Å². The second kappa shape index (κ2) is 7.76. The van der Waals surface area contributed by atoms with Crippen molar-refractivity contribution in [3.05, 3.63) is 72.1 Å². The van der Waals surface area contributed by atoms with E-state index < -0.39 is 0 Å². The number of likely N-dealkylation sites (N-methyl/N-ethyl adjacent to an activating group) is 1. The van der Waals surface area contributed by atoms with E-state index in [9.17, 15) is 4.79 Å². The summed E-state index contributed by atoms with van der Waals surface area (Å²) in [6.07, 6.45) is 3.67. The number of aliphatic hydroxyl groups excluding tert-OH is 1. The highest BCUT2D eigenvalue weighted by atomic mass is 16.5. The number of fused-ring (bicyclic) bond motifs is 2. The fourth-order valence-corrected chi connectivity index (χ4v) is 4.30. The Morgan fingerprint density at radius 1 is 1.13 bits per heavy atom. The Hall–Kier alpha value is -3.29. The van der Waals surface area contributed by atoms with Gasteiger partial charge in [0.15, 0.2) is 0 Å².